The van der Waals surface area contributed by atoms with Crippen LogP contribution in [-0.2, 0) is 13.1 Å². The molecule has 114 valence electrons. The Morgan fingerprint density at radius 1 is 1.29 bits per heavy atom. The third-order valence-corrected chi connectivity index (χ3v) is 3.32. The maximum atomic E-state index is 13.3. The van der Waals surface area contributed by atoms with Crippen LogP contribution in [0.4, 0.5) is 10.1 Å². The third kappa shape index (κ3) is 4.60. The average molecular weight is 290 g/mol. The molecule has 1 aromatic heterocycles. The van der Waals surface area contributed by atoms with Crippen molar-refractivity contribution >= 4 is 5.69 Å². The van der Waals surface area contributed by atoms with Gasteiger partial charge < -0.3 is 14.6 Å². The molecule has 3 nitrogen and oxygen atoms in total. The molecule has 0 unspecified atom stereocenters. The lowest BCUT2D eigenvalue weighted by atomic mass is 10.2. The second kappa shape index (κ2) is 7.27. The first-order valence-corrected chi connectivity index (χ1v) is 7.38. The van der Waals surface area contributed by atoms with E-state index in [9.17, 15) is 4.39 Å². The first-order chi connectivity index (χ1) is 10.1. The van der Waals surface area contributed by atoms with E-state index in [1.807, 2.05) is 6.07 Å². The van der Waals surface area contributed by atoms with Crippen LogP contribution in [-0.4, -0.2) is 12.6 Å². The van der Waals surface area contributed by atoms with Crippen molar-refractivity contribution in [2.45, 2.75) is 39.9 Å². The van der Waals surface area contributed by atoms with E-state index in [1.54, 1.807) is 18.4 Å². The molecule has 0 spiro atoms. The highest BCUT2D eigenvalue weighted by atomic mass is 19.1. The van der Waals surface area contributed by atoms with Crippen molar-refractivity contribution in [3.63, 3.8) is 0 Å². The summed E-state index contributed by atoms with van der Waals surface area (Å²) in [6.45, 7) is 8.52. The monoisotopic (exact) mass is 290 g/mol. The maximum absolute atomic E-state index is 13.3. The van der Waals surface area contributed by atoms with Gasteiger partial charge in [0.05, 0.1) is 12.8 Å². The van der Waals surface area contributed by atoms with Gasteiger partial charge in [0, 0.05) is 30.4 Å². The van der Waals surface area contributed by atoms with Crippen LogP contribution in [0.15, 0.2) is 41.0 Å². The van der Waals surface area contributed by atoms with Crippen LogP contribution >= 0.6 is 0 Å². The molecule has 0 fully saturated rings. The minimum Gasteiger partial charge on any atom is -0.467 e. The van der Waals surface area contributed by atoms with Gasteiger partial charge in [0.1, 0.15) is 11.6 Å². The van der Waals surface area contributed by atoms with Crippen LogP contribution in [0.1, 0.15) is 32.1 Å². The van der Waals surface area contributed by atoms with E-state index in [2.05, 4.69) is 37.1 Å². The topological polar surface area (TPSA) is 28.4 Å². The van der Waals surface area contributed by atoms with Gasteiger partial charge >= 0.3 is 0 Å². The standard InChI is InChI=1S/C17H23FN2O/c1-4-20(16-7-5-6-15(18)9-16)11-17-8-14(12-21-17)10-19-13(2)3/h5-9,12-13,19H,4,10-11H2,1-3H3. The molecule has 2 aromatic rings. The van der Waals surface area contributed by atoms with Crippen molar-refractivity contribution < 1.29 is 8.81 Å². The van der Waals surface area contributed by atoms with Gasteiger partial charge in [0.2, 0.25) is 0 Å². The Labute approximate surface area is 125 Å². The highest BCUT2D eigenvalue weighted by Crippen LogP contribution is 2.19. The molecule has 0 radical (unpaired) electrons. The van der Waals surface area contributed by atoms with Crippen LogP contribution in [0, 0.1) is 5.82 Å². The van der Waals surface area contributed by atoms with Crippen LogP contribution in [0.5, 0.6) is 0 Å². The first-order valence-electron chi connectivity index (χ1n) is 7.38. The average Bonchev–Trinajstić information content (AvgIpc) is 2.90. The number of hydrogen-bond donors (Lipinski definition) is 1. The molecule has 0 aliphatic heterocycles. The molecule has 0 atom stereocenters. The van der Waals surface area contributed by atoms with E-state index in [0.717, 1.165) is 30.1 Å². The molecular weight excluding hydrogens is 267 g/mol. The summed E-state index contributed by atoms with van der Waals surface area (Å²) >= 11 is 0. The van der Waals surface area contributed by atoms with Gasteiger partial charge in [-0.2, -0.15) is 0 Å². The fraction of sp³-hybridized carbons (Fsp3) is 0.412. The summed E-state index contributed by atoms with van der Waals surface area (Å²) in [5.74, 6) is 0.675. The van der Waals surface area contributed by atoms with Gasteiger partial charge in [-0.15, -0.1) is 0 Å². The fourth-order valence-corrected chi connectivity index (χ4v) is 2.17. The first kappa shape index (κ1) is 15.6. The second-order valence-corrected chi connectivity index (χ2v) is 5.45. The minimum absolute atomic E-state index is 0.216. The maximum Gasteiger partial charge on any atom is 0.125 e. The molecule has 21 heavy (non-hydrogen) atoms. The summed E-state index contributed by atoms with van der Waals surface area (Å²) < 4.78 is 18.9. The van der Waals surface area contributed by atoms with E-state index < -0.39 is 0 Å². The highest BCUT2D eigenvalue weighted by Gasteiger charge is 2.09. The molecule has 1 heterocycles. The number of anilines is 1. The molecule has 4 heteroatoms. The third-order valence-electron chi connectivity index (χ3n) is 3.32. The molecule has 0 aliphatic rings. The number of rotatable bonds is 7. The van der Waals surface area contributed by atoms with Crippen LogP contribution in [0.2, 0.25) is 0 Å². The van der Waals surface area contributed by atoms with Crippen molar-refractivity contribution in [2.75, 3.05) is 11.4 Å². The number of benzene rings is 1. The molecule has 2 rings (SSSR count). The molecule has 0 amide bonds. The Kier molecular flexibility index (Phi) is 5.39. The van der Waals surface area contributed by atoms with E-state index in [1.165, 1.54) is 6.07 Å². The van der Waals surface area contributed by atoms with Gasteiger partial charge in [-0.25, -0.2) is 4.39 Å². The molecule has 1 N–H and O–H groups in total. The van der Waals surface area contributed by atoms with E-state index >= 15 is 0 Å². The number of furan rings is 1. The van der Waals surface area contributed by atoms with Gasteiger partial charge in [-0.1, -0.05) is 19.9 Å². The number of nitrogens with one attached hydrogen (secondary N) is 1. The summed E-state index contributed by atoms with van der Waals surface area (Å²) in [5, 5.41) is 3.36. The van der Waals surface area contributed by atoms with E-state index in [0.29, 0.717) is 12.6 Å². The fourth-order valence-electron chi connectivity index (χ4n) is 2.17. The van der Waals surface area contributed by atoms with Crippen LogP contribution < -0.4 is 10.2 Å². The lowest BCUT2D eigenvalue weighted by Crippen LogP contribution is -2.22. The summed E-state index contributed by atoms with van der Waals surface area (Å²) in [7, 11) is 0. The molecule has 0 aliphatic carbocycles. The lowest BCUT2D eigenvalue weighted by molar-refractivity contribution is 0.499. The molecule has 1 aromatic carbocycles. The summed E-state index contributed by atoms with van der Waals surface area (Å²) in [6.07, 6.45) is 1.78. The summed E-state index contributed by atoms with van der Waals surface area (Å²) in [6, 6.07) is 9.15. The van der Waals surface area contributed by atoms with Crippen LogP contribution in [0.3, 0.4) is 0 Å². The Morgan fingerprint density at radius 2 is 2.10 bits per heavy atom. The quantitative estimate of drug-likeness (QED) is 0.837. The predicted molar refractivity (Wildman–Crippen MR) is 83.8 cm³/mol. The van der Waals surface area contributed by atoms with Crippen molar-refractivity contribution in [3.8, 4) is 0 Å². The minimum atomic E-state index is -0.216. The molecule has 0 bridgehead atoms. The van der Waals surface area contributed by atoms with Crippen LogP contribution in [0.25, 0.3) is 0 Å². The largest absolute Gasteiger partial charge is 0.467 e. The van der Waals surface area contributed by atoms with Gasteiger partial charge in [-0.3, -0.25) is 0 Å². The zero-order valence-electron chi connectivity index (χ0n) is 12.9. The molecular formula is C17H23FN2O. The Hall–Kier alpha value is -1.81. The number of nitrogens with zero attached hydrogens (tertiary/aromatic N) is 1. The zero-order chi connectivity index (χ0) is 15.2. The van der Waals surface area contributed by atoms with Crippen molar-refractivity contribution in [1.82, 2.24) is 5.32 Å². The molecule has 0 saturated carbocycles. The smallest absolute Gasteiger partial charge is 0.125 e. The number of hydrogen-bond acceptors (Lipinski definition) is 3. The van der Waals surface area contributed by atoms with E-state index in [4.69, 9.17) is 4.42 Å². The lowest BCUT2D eigenvalue weighted by Gasteiger charge is -2.21. The Bertz CT molecular complexity index is 565. The van der Waals surface area contributed by atoms with E-state index in [-0.39, 0.29) is 5.82 Å². The molecule has 0 saturated heterocycles. The number of halogens is 1. The van der Waals surface area contributed by atoms with Crippen molar-refractivity contribution in [2.24, 2.45) is 0 Å². The summed E-state index contributed by atoms with van der Waals surface area (Å²) in [5.41, 5.74) is 2.00. The SMILES string of the molecule is CCN(Cc1cc(CNC(C)C)co1)c1cccc(F)c1. The summed E-state index contributed by atoms with van der Waals surface area (Å²) in [4.78, 5) is 2.08. The Morgan fingerprint density at radius 3 is 2.76 bits per heavy atom. The zero-order valence-corrected chi connectivity index (χ0v) is 12.9. The second-order valence-electron chi connectivity index (χ2n) is 5.45. The van der Waals surface area contributed by atoms with Gasteiger partial charge in [0.25, 0.3) is 0 Å². The van der Waals surface area contributed by atoms with Crippen molar-refractivity contribution in [1.29, 1.82) is 0 Å². The predicted octanol–water partition coefficient (Wildman–Crippen LogP) is 3.94. The van der Waals surface area contributed by atoms with Crippen molar-refractivity contribution in [3.05, 3.63) is 53.7 Å². The van der Waals surface area contributed by atoms with Gasteiger partial charge in [-0.05, 0) is 31.2 Å². The normalized spacial score (nSPS) is 11.1. The van der Waals surface area contributed by atoms with Gasteiger partial charge in [0.15, 0.2) is 0 Å². The highest BCUT2D eigenvalue weighted by molar-refractivity contribution is 5.46. The Balaban J connectivity index is 2.02.